The fourth-order valence-corrected chi connectivity index (χ4v) is 2.60. The molecule has 1 atom stereocenters. The van der Waals surface area contributed by atoms with Gasteiger partial charge < -0.3 is 14.5 Å². The molecule has 106 valence electrons. The predicted octanol–water partition coefficient (Wildman–Crippen LogP) is 2.14. The van der Waals surface area contributed by atoms with E-state index in [1.54, 1.807) is 0 Å². The zero-order chi connectivity index (χ0) is 13.1. The first-order valence-corrected chi connectivity index (χ1v) is 7.41. The number of nitrogens with zero attached hydrogens (tertiary/aromatic N) is 1. The summed E-state index contributed by atoms with van der Waals surface area (Å²) in [6.45, 7) is 3.65. The van der Waals surface area contributed by atoms with E-state index in [-0.39, 0.29) is 0 Å². The van der Waals surface area contributed by atoms with Crippen LogP contribution in [0.3, 0.4) is 0 Å². The molecule has 2 heterocycles. The molecular weight excluding hydrogens is 240 g/mol. The van der Waals surface area contributed by atoms with Gasteiger partial charge in [-0.25, -0.2) is 0 Å². The van der Waals surface area contributed by atoms with Gasteiger partial charge in [-0.05, 0) is 44.9 Å². The Labute approximate surface area is 115 Å². The van der Waals surface area contributed by atoms with Crippen LogP contribution in [0.2, 0.25) is 0 Å². The first-order chi connectivity index (χ1) is 9.29. The maximum atomic E-state index is 5.85. The van der Waals surface area contributed by atoms with Crippen LogP contribution in [-0.4, -0.2) is 37.2 Å². The Morgan fingerprint density at radius 1 is 1.26 bits per heavy atom. The summed E-state index contributed by atoms with van der Waals surface area (Å²) in [7, 11) is 2.13. The highest BCUT2D eigenvalue weighted by Gasteiger charge is 2.21. The largest absolute Gasteiger partial charge is 0.463 e. The lowest BCUT2D eigenvalue weighted by atomic mass is 10.2. The predicted molar refractivity (Wildman–Crippen MR) is 73.9 cm³/mol. The molecule has 3 rings (SSSR count). The van der Waals surface area contributed by atoms with Crippen molar-refractivity contribution in [2.24, 2.45) is 0 Å². The molecule has 2 fully saturated rings. The molecule has 0 spiro atoms. The topological polar surface area (TPSA) is 37.6 Å². The molecule has 1 saturated carbocycles. The molecule has 1 N–H and O–H groups in total. The Morgan fingerprint density at radius 2 is 2.11 bits per heavy atom. The summed E-state index contributed by atoms with van der Waals surface area (Å²) in [4.78, 5) is 2.28. The van der Waals surface area contributed by atoms with Crippen LogP contribution >= 0.6 is 0 Å². The maximum Gasteiger partial charge on any atom is 0.118 e. The molecule has 1 saturated heterocycles. The van der Waals surface area contributed by atoms with E-state index >= 15 is 0 Å². The zero-order valence-electron chi connectivity index (χ0n) is 11.7. The SMILES string of the molecule is CN(Cc1ccc(CNC2CC2)o1)CC1CCCO1. The van der Waals surface area contributed by atoms with E-state index in [9.17, 15) is 0 Å². The summed E-state index contributed by atoms with van der Waals surface area (Å²) in [5.74, 6) is 2.10. The highest BCUT2D eigenvalue weighted by molar-refractivity contribution is 5.07. The van der Waals surface area contributed by atoms with Crippen molar-refractivity contribution in [3.05, 3.63) is 23.7 Å². The highest BCUT2D eigenvalue weighted by atomic mass is 16.5. The molecule has 1 aliphatic carbocycles. The van der Waals surface area contributed by atoms with Crippen LogP contribution < -0.4 is 5.32 Å². The summed E-state index contributed by atoms with van der Waals surface area (Å²) >= 11 is 0. The first-order valence-electron chi connectivity index (χ1n) is 7.41. The Hall–Kier alpha value is -0.840. The van der Waals surface area contributed by atoms with Crippen molar-refractivity contribution < 1.29 is 9.15 Å². The van der Waals surface area contributed by atoms with Crippen LogP contribution in [-0.2, 0) is 17.8 Å². The van der Waals surface area contributed by atoms with Crippen LogP contribution in [0.25, 0.3) is 0 Å². The van der Waals surface area contributed by atoms with Crippen molar-refractivity contribution in [2.45, 2.75) is 50.9 Å². The third-order valence-electron chi connectivity index (χ3n) is 3.82. The van der Waals surface area contributed by atoms with Gasteiger partial charge in [0.05, 0.1) is 19.2 Å². The van der Waals surface area contributed by atoms with Crippen molar-refractivity contribution in [3.63, 3.8) is 0 Å². The fraction of sp³-hybridized carbons (Fsp3) is 0.733. The van der Waals surface area contributed by atoms with Crippen LogP contribution in [0.15, 0.2) is 16.5 Å². The van der Waals surface area contributed by atoms with Gasteiger partial charge in [-0.15, -0.1) is 0 Å². The molecule has 4 nitrogen and oxygen atoms in total. The minimum Gasteiger partial charge on any atom is -0.463 e. The van der Waals surface area contributed by atoms with E-state index in [2.05, 4.69) is 29.4 Å². The van der Waals surface area contributed by atoms with Gasteiger partial charge in [0, 0.05) is 19.2 Å². The van der Waals surface area contributed by atoms with Crippen LogP contribution in [0, 0.1) is 0 Å². The van der Waals surface area contributed by atoms with Gasteiger partial charge in [0.2, 0.25) is 0 Å². The molecule has 0 radical (unpaired) electrons. The smallest absolute Gasteiger partial charge is 0.118 e. The number of furan rings is 1. The quantitative estimate of drug-likeness (QED) is 0.819. The van der Waals surface area contributed by atoms with E-state index in [0.717, 1.165) is 43.8 Å². The normalized spacial score (nSPS) is 23.4. The maximum absolute atomic E-state index is 5.85. The van der Waals surface area contributed by atoms with E-state index in [1.165, 1.54) is 25.7 Å². The van der Waals surface area contributed by atoms with Gasteiger partial charge in [0.15, 0.2) is 0 Å². The molecule has 1 aromatic rings. The summed E-state index contributed by atoms with van der Waals surface area (Å²) < 4.78 is 11.5. The second-order valence-electron chi connectivity index (χ2n) is 5.85. The number of rotatable bonds is 7. The van der Waals surface area contributed by atoms with Crippen molar-refractivity contribution in [3.8, 4) is 0 Å². The fourth-order valence-electron chi connectivity index (χ4n) is 2.60. The Morgan fingerprint density at radius 3 is 2.84 bits per heavy atom. The molecule has 4 heteroatoms. The van der Waals surface area contributed by atoms with E-state index in [0.29, 0.717) is 6.10 Å². The second-order valence-corrected chi connectivity index (χ2v) is 5.85. The first kappa shape index (κ1) is 13.2. The summed E-state index contributed by atoms with van der Waals surface area (Å²) in [6, 6.07) is 4.91. The summed E-state index contributed by atoms with van der Waals surface area (Å²) in [5, 5.41) is 3.47. The number of likely N-dealkylation sites (N-methyl/N-ethyl adjacent to an activating group) is 1. The number of ether oxygens (including phenoxy) is 1. The Kier molecular flexibility index (Phi) is 4.21. The number of hydrogen-bond acceptors (Lipinski definition) is 4. The van der Waals surface area contributed by atoms with Gasteiger partial charge in [-0.1, -0.05) is 0 Å². The molecule has 1 unspecified atom stereocenters. The Bertz CT molecular complexity index is 395. The van der Waals surface area contributed by atoms with Gasteiger partial charge in [-0.2, -0.15) is 0 Å². The van der Waals surface area contributed by atoms with Gasteiger partial charge in [-0.3, -0.25) is 4.90 Å². The summed E-state index contributed by atoms with van der Waals surface area (Å²) in [5.41, 5.74) is 0. The van der Waals surface area contributed by atoms with E-state index in [4.69, 9.17) is 9.15 Å². The minimum absolute atomic E-state index is 0.413. The Balaban J connectivity index is 1.42. The average Bonchev–Trinajstić information content (AvgIpc) is 2.88. The second kappa shape index (κ2) is 6.07. The molecule has 19 heavy (non-hydrogen) atoms. The monoisotopic (exact) mass is 264 g/mol. The van der Waals surface area contributed by atoms with Crippen molar-refractivity contribution in [2.75, 3.05) is 20.2 Å². The van der Waals surface area contributed by atoms with Crippen LogP contribution in [0.1, 0.15) is 37.2 Å². The van der Waals surface area contributed by atoms with Crippen LogP contribution in [0.5, 0.6) is 0 Å². The van der Waals surface area contributed by atoms with Crippen LogP contribution in [0.4, 0.5) is 0 Å². The number of nitrogens with one attached hydrogen (secondary N) is 1. The lowest BCUT2D eigenvalue weighted by molar-refractivity contribution is 0.0773. The summed E-state index contributed by atoms with van der Waals surface area (Å²) in [6.07, 6.45) is 5.45. The highest BCUT2D eigenvalue weighted by Crippen LogP contribution is 2.20. The minimum atomic E-state index is 0.413. The molecule has 1 aliphatic heterocycles. The van der Waals surface area contributed by atoms with Gasteiger partial charge in [0.1, 0.15) is 11.5 Å². The van der Waals surface area contributed by atoms with Crippen molar-refractivity contribution in [1.29, 1.82) is 0 Å². The average molecular weight is 264 g/mol. The lowest BCUT2D eigenvalue weighted by Crippen LogP contribution is -2.28. The third-order valence-corrected chi connectivity index (χ3v) is 3.82. The standard InChI is InChI=1S/C15H24N2O2/c1-17(10-14-3-2-8-18-14)11-15-7-6-13(19-15)9-16-12-4-5-12/h6-7,12,14,16H,2-5,8-11H2,1H3. The molecule has 1 aromatic heterocycles. The zero-order valence-corrected chi connectivity index (χ0v) is 11.7. The van der Waals surface area contributed by atoms with Gasteiger partial charge in [0.25, 0.3) is 0 Å². The lowest BCUT2D eigenvalue weighted by Gasteiger charge is -2.19. The molecule has 0 amide bonds. The van der Waals surface area contributed by atoms with E-state index in [1.807, 2.05) is 0 Å². The van der Waals surface area contributed by atoms with Crippen molar-refractivity contribution in [1.82, 2.24) is 10.2 Å². The molecule has 0 aromatic carbocycles. The van der Waals surface area contributed by atoms with Gasteiger partial charge >= 0.3 is 0 Å². The molecule has 0 bridgehead atoms. The molecule has 2 aliphatic rings. The molecular formula is C15H24N2O2. The van der Waals surface area contributed by atoms with Crippen molar-refractivity contribution >= 4 is 0 Å². The van der Waals surface area contributed by atoms with E-state index < -0.39 is 0 Å². The third kappa shape index (κ3) is 4.06. The number of hydrogen-bond donors (Lipinski definition) is 1.